The minimum atomic E-state index is -0.230. The third-order valence-corrected chi connectivity index (χ3v) is 2.69. The molecule has 0 radical (unpaired) electrons. The minimum Gasteiger partial charge on any atom is -0.351 e. The fraction of sp³-hybridized carbons (Fsp3) is 0.308. The highest BCUT2D eigenvalue weighted by Crippen LogP contribution is 2.08. The van der Waals surface area contributed by atoms with Gasteiger partial charge >= 0.3 is 0 Å². The van der Waals surface area contributed by atoms with Gasteiger partial charge < -0.3 is 11.1 Å². The van der Waals surface area contributed by atoms with Gasteiger partial charge in [-0.05, 0) is 32.0 Å². The lowest BCUT2D eigenvalue weighted by Gasteiger charge is -2.00. The lowest BCUT2D eigenvalue weighted by atomic mass is 10.2. The molecule has 0 atom stereocenters. The standard InChI is InChI=1S/C13H17N5O.ClH/c1-10-3-5-11(6-4-10)18-9-12(16-17-18)13(19)15-8-2-7-14;/h3-6,9H,2,7-8,14H2,1H3,(H,15,19);1H. The van der Waals surface area contributed by atoms with Gasteiger partial charge in [-0.2, -0.15) is 0 Å². The number of nitrogens with zero attached hydrogens (tertiary/aromatic N) is 3. The first-order chi connectivity index (χ1) is 9.20. The van der Waals surface area contributed by atoms with E-state index in [1.54, 1.807) is 10.9 Å². The molecular weight excluding hydrogens is 278 g/mol. The van der Waals surface area contributed by atoms with Gasteiger partial charge in [-0.25, -0.2) is 4.68 Å². The van der Waals surface area contributed by atoms with Crippen molar-refractivity contribution in [2.75, 3.05) is 13.1 Å². The second kappa shape index (κ2) is 7.62. The maximum absolute atomic E-state index is 11.8. The molecule has 0 bridgehead atoms. The van der Waals surface area contributed by atoms with E-state index in [9.17, 15) is 4.79 Å². The summed E-state index contributed by atoms with van der Waals surface area (Å²) in [6.07, 6.45) is 2.36. The first-order valence-corrected chi connectivity index (χ1v) is 6.18. The molecule has 7 heteroatoms. The zero-order valence-electron chi connectivity index (χ0n) is 11.2. The zero-order chi connectivity index (χ0) is 13.7. The molecule has 2 rings (SSSR count). The summed E-state index contributed by atoms with van der Waals surface area (Å²) in [7, 11) is 0. The van der Waals surface area contributed by atoms with Crippen LogP contribution < -0.4 is 11.1 Å². The number of hydrogen-bond acceptors (Lipinski definition) is 4. The largest absolute Gasteiger partial charge is 0.351 e. The van der Waals surface area contributed by atoms with Gasteiger partial charge in [-0.3, -0.25) is 4.79 Å². The Balaban J connectivity index is 0.00000200. The number of aryl methyl sites for hydroxylation is 1. The van der Waals surface area contributed by atoms with E-state index < -0.39 is 0 Å². The van der Waals surface area contributed by atoms with Crippen molar-refractivity contribution in [2.45, 2.75) is 13.3 Å². The zero-order valence-corrected chi connectivity index (χ0v) is 12.1. The summed E-state index contributed by atoms with van der Waals surface area (Å²) >= 11 is 0. The number of aromatic nitrogens is 3. The molecule has 0 saturated heterocycles. The normalized spacial score (nSPS) is 9.90. The third kappa shape index (κ3) is 4.04. The molecule has 6 nitrogen and oxygen atoms in total. The lowest BCUT2D eigenvalue weighted by Crippen LogP contribution is -2.26. The molecular formula is C13H18ClN5O. The topological polar surface area (TPSA) is 85.8 Å². The number of hydrogen-bond donors (Lipinski definition) is 2. The maximum Gasteiger partial charge on any atom is 0.273 e. The predicted molar refractivity (Wildman–Crippen MR) is 79.3 cm³/mol. The Hall–Kier alpha value is -1.92. The molecule has 1 aromatic carbocycles. The van der Waals surface area contributed by atoms with Crippen LogP contribution in [0, 0.1) is 6.92 Å². The van der Waals surface area contributed by atoms with E-state index in [0.717, 1.165) is 12.1 Å². The Morgan fingerprint density at radius 3 is 2.70 bits per heavy atom. The van der Waals surface area contributed by atoms with Gasteiger partial charge in [0.25, 0.3) is 5.91 Å². The highest BCUT2D eigenvalue weighted by atomic mass is 35.5. The highest BCUT2D eigenvalue weighted by Gasteiger charge is 2.10. The SMILES string of the molecule is Cc1ccc(-n2cc(C(=O)NCCCN)nn2)cc1.Cl. The van der Waals surface area contributed by atoms with Crippen molar-refractivity contribution in [1.29, 1.82) is 0 Å². The number of carbonyl (C=O) groups excluding carboxylic acids is 1. The van der Waals surface area contributed by atoms with Crippen LogP contribution in [0.4, 0.5) is 0 Å². The number of nitrogens with two attached hydrogens (primary N) is 1. The van der Waals surface area contributed by atoms with Gasteiger partial charge in [0.05, 0.1) is 11.9 Å². The molecule has 0 fully saturated rings. The maximum atomic E-state index is 11.8. The van der Waals surface area contributed by atoms with Crippen molar-refractivity contribution in [2.24, 2.45) is 5.73 Å². The average molecular weight is 296 g/mol. The number of halogens is 1. The van der Waals surface area contributed by atoms with Crippen LogP contribution in [0.5, 0.6) is 0 Å². The average Bonchev–Trinajstić information content (AvgIpc) is 2.89. The molecule has 1 aromatic heterocycles. The Morgan fingerprint density at radius 2 is 2.05 bits per heavy atom. The van der Waals surface area contributed by atoms with Gasteiger partial charge in [0.2, 0.25) is 0 Å². The summed E-state index contributed by atoms with van der Waals surface area (Å²) in [5, 5.41) is 10.5. The number of nitrogens with one attached hydrogen (secondary N) is 1. The molecule has 0 spiro atoms. The van der Waals surface area contributed by atoms with E-state index in [1.165, 1.54) is 5.56 Å². The van der Waals surface area contributed by atoms with Crippen LogP contribution in [0.1, 0.15) is 22.5 Å². The van der Waals surface area contributed by atoms with Crippen molar-refractivity contribution in [1.82, 2.24) is 20.3 Å². The number of rotatable bonds is 5. The summed E-state index contributed by atoms with van der Waals surface area (Å²) in [6.45, 7) is 3.12. The molecule has 2 aromatic rings. The Kier molecular flexibility index (Phi) is 6.14. The second-order valence-electron chi connectivity index (χ2n) is 4.28. The van der Waals surface area contributed by atoms with Gasteiger partial charge in [-0.1, -0.05) is 22.9 Å². The predicted octanol–water partition coefficient (Wildman–Crippen LogP) is 1.08. The summed E-state index contributed by atoms with van der Waals surface area (Å²) < 4.78 is 1.58. The van der Waals surface area contributed by atoms with Gasteiger partial charge in [0.1, 0.15) is 0 Å². The van der Waals surface area contributed by atoms with Crippen LogP contribution >= 0.6 is 12.4 Å². The summed E-state index contributed by atoms with van der Waals surface area (Å²) in [4.78, 5) is 11.8. The molecule has 0 aliphatic heterocycles. The van der Waals surface area contributed by atoms with Crippen LogP contribution in [-0.4, -0.2) is 34.0 Å². The molecule has 3 N–H and O–H groups in total. The van der Waals surface area contributed by atoms with Gasteiger partial charge in [0.15, 0.2) is 5.69 Å². The summed E-state index contributed by atoms with van der Waals surface area (Å²) in [5.41, 5.74) is 7.71. The first kappa shape index (κ1) is 16.1. The molecule has 0 aliphatic carbocycles. The Bertz CT molecular complexity index is 552. The van der Waals surface area contributed by atoms with E-state index >= 15 is 0 Å². The van der Waals surface area contributed by atoms with Crippen LogP contribution in [0.25, 0.3) is 5.69 Å². The number of benzene rings is 1. The van der Waals surface area contributed by atoms with E-state index in [-0.39, 0.29) is 18.3 Å². The van der Waals surface area contributed by atoms with Crippen molar-refractivity contribution in [3.05, 3.63) is 41.7 Å². The summed E-state index contributed by atoms with van der Waals surface area (Å²) in [5.74, 6) is -0.230. The Labute approximate surface area is 123 Å². The first-order valence-electron chi connectivity index (χ1n) is 6.18. The second-order valence-corrected chi connectivity index (χ2v) is 4.28. The fourth-order valence-corrected chi connectivity index (χ4v) is 1.59. The number of amides is 1. The van der Waals surface area contributed by atoms with Gasteiger partial charge in [-0.15, -0.1) is 17.5 Å². The molecule has 1 heterocycles. The molecule has 20 heavy (non-hydrogen) atoms. The molecule has 108 valence electrons. The minimum absolute atomic E-state index is 0. The molecule has 1 amide bonds. The van der Waals surface area contributed by atoms with E-state index in [1.807, 2.05) is 31.2 Å². The fourth-order valence-electron chi connectivity index (χ4n) is 1.59. The monoisotopic (exact) mass is 295 g/mol. The van der Waals surface area contributed by atoms with Crippen molar-refractivity contribution in [3.8, 4) is 5.69 Å². The molecule has 0 aliphatic rings. The van der Waals surface area contributed by atoms with Crippen LogP contribution in [-0.2, 0) is 0 Å². The van der Waals surface area contributed by atoms with Crippen molar-refractivity contribution < 1.29 is 4.79 Å². The quantitative estimate of drug-likeness (QED) is 0.808. The highest BCUT2D eigenvalue weighted by molar-refractivity contribution is 5.91. The van der Waals surface area contributed by atoms with Crippen molar-refractivity contribution >= 4 is 18.3 Å². The van der Waals surface area contributed by atoms with Crippen LogP contribution in [0.15, 0.2) is 30.5 Å². The summed E-state index contributed by atoms with van der Waals surface area (Å²) in [6, 6.07) is 7.83. The van der Waals surface area contributed by atoms with E-state index in [2.05, 4.69) is 15.6 Å². The molecule has 0 unspecified atom stereocenters. The van der Waals surface area contributed by atoms with E-state index in [4.69, 9.17) is 5.73 Å². The lowest BCUT2D eigenvalue weighted by molar-refractivity contribution is 0.0948. The number of carbonyl (C=O) groups is 1. The smallest absolute Gasteiger partial charge is 0.273 e. The van der Waals surface area contributed by atoms with Crippen LogP contribution in [0.3, 0.4) is 0 Å². The van der Waals surface area contributed by atoms with Crippen molar-refractivity contribution in [3.63, 3.8) is 0 Å². The van der Waals surface area contributed by atoms with Gasteiger partial charge in [0, 0.05) is 6.54 Å². The van der Waals surface area contributed by atoms with Crippen LogP contribution in [0.2, 0.25) is 0 Å². The Morgan fingerprint density at radius 1 is 1.35 bits per heavy atom. The third-order valence-electron chi connectivity index (χ3n) is 2.69. The van der Waals surface area contributed by atoms with E-state index in [0.29, 0.717) is 18.8 Å². The molecule has 0 saturated carbocycles.